The zero-order chi connectivity index (χ0) is 18.9. The fourth-order valence-corrected chi connectivity index (χ4v) is 2.61. The minimum Gasteiger partial charge on any atom is -0.461 e. The van der Waals surface area contributed by atoms with Crippen molar-refractivity contribution in [3.05, 3.63) is 52.4 Å². The monoisotopic (exact) mass is 384 g/mol. The zero-order valence-corrected chi connectivity index (χ0v) is 14.2. The molecule has 0 N–H and O–H groups in total. The molecule has 0 aliphatic rings. The first kappa shape index (κ1) is 18.1. The molecule has 0 fully saturated rings. The van der Waals surface area contributed by atoms with Crippen molar-refractivity contribution in [2.24, 2.45) is 0 Å². The van der Waals surface area contributed by atoms with Crippen LogP contribution in [-0.2, 0) is 17.5 Å². The van der Waals surface area contributed by atoms with Gasteiger partial charge in [-0.1, -0.05) is 22.9 Å². The first-order valence-electron chi connectivity index (χ1n) is 7.51. The maximum Gasteiger partial charge on any atom is 0.437 e. The standard InChI is InChI=1S/C16H12ClF3N4O2/c1-2-26-15(25)13-14(16(18,19)20)22-23-24(13)8-9-3-4-12-10(5-9)6-11(17)7-21-12/h3-7H,2,8H2,1H3. The number of hydrogen-bond acceptors (Lipinski definition) is 5. The Hall–Kier alpha value is -2.68. The van der Waals surface area contributed by atoms with Gasteiger partial charge >= 0.3 is 12.1 Å². The first-order valence-corrected chi connectivity index (χ1v) is 7.89. The SMILES string of the molecule is CCOC(=O)c1c(C(F)(F)F)nnn1Cc1ccc2ncc(Cl)cc2c1. The number of fused-ring (bicyclic) bond motifs is 1. The predicted octanol–water partition coefficient (Wildman–Crippen LogP) is 3.72. The van der Waals surface area contributed by atoms with Crippen LogP contribution < -0.4 is 0 Å². The molecule has 26 heavy (non-hydrogen) atoms. The molecular formula is C16H12ClF3N4O2. The van der Waals surface area contributed by atoms with Gasteiger partial charge in [-0.25, -0.2) is 9.48 Å². The molecule has 0 radical (unpaired) electrons. The average molecular weight is 385 g/mol. The van der Waals surface area contributed by atoms with Crippen LogP contribution in [-0.4, -0.2) is 32.6 Å². The Morgan fingerprint density at radius 3 is 2.77 bits per heavy atom. The van der Waals surface area contributed by atoms with E-state index in [1.54, 1.807) is 24.3 Å². The lowest BCUT2D eigenvalue weighted by Gasteiger charge is -2.09. The van der Waals surface area contributed by atoms with Crippen LogP contribution in [0, 0.1) is 0 Å². The normalized spacial score (nSPS) is 11.7. The second-order valence-corrected chi connectivity index (χ2v) is 5.78. The zero-order valence-electron chi connectivity index (χ0n) is 13.4. The first-order chi connectivity index (χ1) is 12.3. The summed E-state index contributed by atoms with van der Waals surface area (Å²) in [5, 5.41) is 7.74. The summed E-state index contributed by atoms with van der Waals surface area (Å²) >= 11 is 5.91. The number of halogens is 4. The Labute approximate surface area is 150 Å². The second-order valence-electron chi connectivity index (χ2n) is 5.34. The summed E-state index contributed by atoms with van der Waals surface area (Å²) in [6.07, 6.45) is -3.32. The number of esters is 1. The van der Waals surface area contributed by atoms with Crippen LogP contribution in [0.1, 0.15) is 28.7 Å². The van der Waals surface area contributed by atoms with Crippen molar-refractivity contribution >= 4 is 28.5 Å². The van der Waals surface area contributed by atoms with Gasteiger partial charge in [-0.05, 0) is 30.7 Å². The van der Waals surface area contributed by atoms with E-state index in [0.29, 0.717) is 21.5 Å². The van der Waals surface area contributed by atoms with Crippen LogP contribution in [0.3, 0.4) is 0 Å². The van der Waals surface area contributed by atoms with Crippen LogP contribution in [0.25, 0.3) is 10.9 Å². The van der Waals surface area contributed by atoms with E-state index in [0.717, 1.165) is 4.68 Å². The number of carbonyl (C=O) groups excluding carboxylic acids is 1. The van der Waals surface area contributed by atoms with Gasteiger partial charge in [-0.15, -0.1) is 5.10 Å². The average Bonchev–Trinajstić information content (AvgIpc) is 2.98. The fraction of sp³-hybridized carbons (Fsp3) is 0.250. The molecule has 0 amide bonds. The van der Waals surface area contributed by atoms with E-state index in [1.165, 1.54) is 13.1 Å². The highest BCUT2D eigenvalue weighted by atomic mass is 35.5. The third kappa shape index (κ3) is 3.62. The second kappa shape index (κ2) is 6.91. The lowest BCUT2D eigenvalue weighted by Crippen LogP contribution is -2.19. The van der Waals surface area contributed by atoms with E-state index < -0.39 is 23.5 Å². The van der Waals surface area contributed by atoms with Crippen molar-refractivity contribution in [2.75, 3.05) is 6.61 Å². The Kier molecular flexibility index (Phi) is 4.82. The van der Waals surface area contributed by atoms with Gasteiger partial charge in [0, 0.05) is 11.6 Å². The largest absolute Gasteiger partial charge is 0.461 e. The number of ether oxygens (including phenoxy) is 1. The smallest absolute Gasteiger partial charge is 0.437 e. The number of hydrogen-bond donors (Lipinski definition) is 0. The minimum absolute atomic E-state index is 0.0680. The number of nitrogens with zero attached hydrogens (tertiary/aromatic N) is 4. The van der Waals surface area contributed by atoms with Crippen molar-refractivity contribution in [1.29, 1.82) is 0 Å². The molecule has 2 heterocycles. The number of aromatic nitrogens is 4. The van der Waals surface area contributed by atoms with E-state index in [9.17, 15) is 18.0 Å². The van der Waals surface area contributed by atoms with E-state index >= 15 is 0 Å². The van der Waals surface area contributed by atoms with E-state index in [-0.39, 0.29) is 13.2 Å². The lowest BCUT2D eigenvalue weighted by molar-refractivity contribution is -0.141. The quantitative estimate of drug-likeness (QED) is 0.641. The number of alkyl halides is 3. The molecular weight excluding hydrogens is 373 g/mol. The molecule has 0 unspecified atom stereocenters. The van der Waals surface area contributed by atoms with Crippen molar-refractivity contribution in [1.82, 2.24) is 20.0 Å². The Bertz CT molecular complexity index is 972. The van der Waals surface area contributed by atoms with Gasteiger partial charge in [0.05, 0.1) is 23.7 Å². The minimum atomic E-state index is -4.82. The maximum atomic E-state index is 13.1. The molecule has 10 heteroatoms. The van der Waals surface area contributed by atoms with Gasteiger partial charge in [0.1, 0.15) is 0 Å². The fourth-order valence-electron chi connectivity index (χ4n) is 2.44. The van der Waals surface area contributed by atoms with E-state index in [1.807, 2.05) is 0 Å². The molecule has 2 aromatic heterocycles. The van der Waals surface area contributed by atoms with Crippen molar-refractivity contribution in [3.8, 4) is 0 Å². The Morgan fingerprint density at radius 1 is 1.31 bits per heavy atom. The molecule has 0 aliphatic heterocycles. The third-order valence-corrected chi connectivity index (χ3v) is 3.72. The van der Waals surface area contributed by atoms with Crippen molar-refractivity contribution in [2.45, 2.75) is 19.6 Å². The molecule has 6 nitrogen and oxygen atoms in total. The van der Waals surface area contributed by atoms with Crippen LogP contribution in [0.4, 0.5) is 13.2 Å². The summed E-state index contributed by atoms with van der Waals surface area (Å²) in [5.41, 5.74) is -0.825. The van der Waals surface area contributed by atoms with Gasteiger partial charge in [0.25, 0.3) is 0 Å². The summed E-state index contributed by atoms with van der Waals surface area (Å²) in [5.74, 6) is -1.13. The van der Waals surface area contributed by atoms with Crippen molar-refractivity contribution in [3.63, 3.8) is 0 Å². The number of rotatable bonds is 4. The van der Waals surface area contributed by atoms with Crippen LogP contribution in [0.15, 0.2) is 30.5 Å². The van der Waals surface area contributed by atoms with Gasteiger partial charge in [-0.3, -0.25) is 4.98 Å². The maximum absolute atomic E-state index is 13.1. The van der Waals surface area contributed by atoms with E-state index in [4.69, 9.17) is 16.3 Å². The van der Waals surface area contributed by atoms with Crippen LogP contribution in [0.2, 0.25) is 5.02 Å². The van der Waals surface area contributed by atoms with Crippen molar-refractivity contribution < 1.29 is 22.7 Å². The van der Waals surface area contributed by atoms with Gasteiger partial charge in [-0.2, -0.15) is 13.2 Å². The summed E-state index contributed by atoms with van der Waals surface area (Å²) in [6.45, 7) is 1.33. The number of pyridine rings is 1. The van der Waals surface area contributed by atoms with Gasteiger partial charge in [0.2, 0.25) is 5.69 Å². The molecule has 0 bridgehead atoms. The highest BCUT2D eigenvalue weighted by molar-refractivity contribution is 6.31. The third-order valence-electron chi connectivity index (χ3n) is 3.52. The highest BCUT2D eigenvalue weighted by Crippen LogP contribution is 2.31. The summed E-state index contributed by atoms with van der Waals surface area (Å²) < 4.78 is 44.9. The Balaban J connectivity index is 2.01. The van der Waals surface area contributed by atoms with Gasteiger partial charge < -0.3 is 4.74 Å². The molecule has 0 saturated carbocycles. The molecule has 3 aromatic rings. The number of benzene rings is 1. The van der Waals surface area contributed by atoms with Crippen LogP contribution >= 0.6 is 11.6 Å². The van der Waals surface area contributed by atoms with Gasteiger partial charge in [0.15, 0.2) is 5.69 Å². The molecule has 136 valence electrons. The summed E-state index contributed by atoms with van der Waals surface area (Å²) in [6, 6.07) is 6.76. The topological polar surface area (TPSA) is 69.9 Å². The highest BCUT2D eigenvalue weighted by Gasteiger charge is 2.41. The van der Waals surface area contributed by atoms with Crippen LogP contribution in [0.5, 0.6) is 0 Å². The predicted molar refractivity (Wildman–Crippen MR) is 86.8 cm³/mol. The summed E-state index contributed by atoms with van der Waals surface area (Å²) in [4.78, 5) is 16.1. The Morgan fingerprint density at radius 2 is 2.08 bits per heavy atom. The molecule has 3 rings (SSSR count). The molecule has 0 saturated heterocycles. The summed E-state index contributed by atoms with van der Waals surface area (Å²) in [7, 11) is 0. The number of carbonyl (C=O) groups is 1. The molecule has 1 aromatic carbocycles. The molecule has 0 atom stereocenters. The lowest BCUT2D eigenvalue weighted by atomic mass is 10.1. The molecule has 0 aliphatic carbocycles. The molecule has 0 spiro atoms. The van der Waals surface area contributed by atoms with E-state index in [2.05, 4.69) is 15.3 Å².